The maximum absolute atomic E-state index is 9.44. The second-order valence-electron chi connectivity index (χ2n) is 3.92. The number of aliphatic hydroxyl groups is 1. The molecule has 1 rings (SSSR count). The molecule has 0 aliphatic carbocycles. The Labute approximate surface area is 79.3 Å². The van der Waals surface area contributed by atoms with E-state index in [4.69, 9.17) is 9.47 Å². The summed E-state index contributed by atoms with van der Waals surface area (Å²) in [5, 5.41) is 9.44. The third-order valence-electron chi connectivity index (χ3n) is 2.29. The Balaban J connectivity index is 2.58. The van der Waals surface area contributed by atoms with Crippen molar-refractivity contribution in [3.63, 3.8) is 0 Å². The Morgan fingerprint density at radius 1 is 1.62 bits per heavy atom. The van der Waals surface area contributed by atoms with Crippen LogP contribution in [0.15, 0.2) is 12.7 Å². The van der Waals surface area contributed by atoms with E-state index in [0.29, 0.717) is 6.61 Å². The summed E-state index contributed by atoms with van der Waals surface area (Å²) in [7, 11) is 0. The van der Waals surface area contributed by atoms with Gasteiger partial charge in [-0.1, -0.05) is 6.08 Å². The van der Waals surface area contributed by atoms with Crippen molar-refractivity contribution in [1.82, 2.24) is 0 Å². The van der Waals surface area contributed by atoms with E-state index in [1.54, 1.807) is 13.0 Å². The molecule has 76 valence electrons. The second-order valence-corrected chi connectivity index (χ2v) is 3.92. The maximum atomic E-state index is 9.44. The summed E-state index contributed by atoms with van der Waals surface area (Å²) in [6, 6.07) is 0. The average Bonchev–Trinajstić information content (AvgIpc) is 2.31. The van der Waals surface area contributed by atoms with Crippen molar-refractivity contribution in [3.05, 3.63) is 12.7 Å². The van der Waals surface area contributed by atoms with Crippen LogP contribution in [0.5, 0.6) is 0 Å². The van der Waals surface area contributed by atoms with Gasteiger partial charge in [0.05, 0.1) is 18.8 Å². The summed E-state index contributed by atoms with van der Waals surface area (Å²) >= 11 is 0. The van der Waals surface area contributed by atoms with Crippen LogP contribution in [0.2, 0.25) is 0 Å². The Hall–Kier alpha value is -0.380. The maximum Gasteiger partial charge on any atom is 0.163 e. The fraction of sp³-hybridized carbons (Fsp3) is 0.800. The third-order valence-corrected chi connectivity index (χ3v) is 2.29. The SMILES string of the molecule is C=C[C@@H]([C@@H](C)O)[C@H]1COC(C)(C)O1. The minimum Gasteiger partial charge on any atom is -0.393 e. The molecule has 0 unspecified atom stereocenters. The molecule has 0 saturated carbocycles. The van der Waals surface area contributed by atoms with E-state index in [9.17, 15) is 5.11 Å². The van der Waals surface area contributed by atoms with Crippen LogP contribution in [0, 0.1) is 5.92 Å². The van der Waals surface area contributed by atoms with Crippen LogP contribution >= 0.6 is 0 Å². The van der Waals surface area contributed by atoms with Crippen LogP contribution in [-0.2, 0) is 9.47 Å². The predicted octanol–water partition coefficient (Wildman–Crippen LogP) is 1.32. The molecule has 0 aromatic carbocycles. The van der Waals surface area contributed by atoms with Crippen molar-refractivity contribution in [2.45, 2.75) is 38.8 Å². The molecule has 1 aliphatic heterocycles. The molecule has 0 radical (unpaired) electrons. The van der Waals surface area contributed by atoms with Gasteiger partial charge in [0.25, 0.3) is 0 Å². The summed E-state index contributed by atoms with van der Waals surface area (Å²) in [6.45, 7) is 9.68. The van der Waals surface area contributed by atoms with Gasteiger partial charge in [-0.3, -0.25) is 0 Å². The van der Waals surface area contributed by atoms with Gasteiger partial charge >= 0.3 is 0 Å². The minimum atomic E-state index is -0.527. The third kappa shape index (κ3) is 2.53. The van der Waals surface area contributed by atoms with E-state index in [-0.39, 0.29) is 12.0 Å². The summed E-state index contributed by atoms with van der Waals surface area (Å²) in [5.41, 5.74) is 0. The first-order chi connectivity index (χ1) is 5.96. The van der Waals surface area contributed by atoms with E-state index in [1.165, 1.54) is 0 Å². The smallest absolute Gasteiger partial charge is 0.163 e. The first-order valence-electron chi connectivity index (χ1n) is 4.58. The molecule has 0 amide bonds. The van der Waals surface area contributed by atoms with Crippen LogP contribution in [0.25, 0.3) is 0 Å². The van der Waals surface area contributed by atoms with Gasteiger partial charge in [-0.25, -0.2) is 0 Å². The largest absolute Gasteiger partial charge is 0.393 e. The lowest BCUT2D eigenvalue weighted by atomic mass is 9.98. The van der Waals surface area contributed by atoms with Gasteiger partial charge in [-0.2, -0.15) is 0 Å². The van der Waals surface area contributed by atoms with Gasteiger partial charge in [0, 0.05) is 5.92 Å². The molecule has 3 heteroatoms. The van der Waals surface area contributed by atoms with E-state index < -0.39 is 11.9 Å². The summed E-state index contributed by atoms with van der Waals surface area (Å²) in [6.07, 6.45) is 1.20. The highest BCUT2D eigenvalue weighted by molar-refractivity contribution is 4.91. The number of hydrogen-bond acceptors (Lipinski definition) is 3. The van der Waals surface area contributed by atoms with E-state index in [0.717, 1.165) is 0 Å². The average molecular weight is 186 g/mol. The minimum absolute atomic E-state index is 0.0539. The molecule has 13 heavy (non-hydrogen) atoms. The lowest BCUT2D eigenvalue weighted by Crippen LogP contribution is -2.31. The van der Waals surface area contributed by atoms with Gasteiger partial charge in [0.1, 0.15) is 0 Å². The summed E-state index contributed by atoms with van der Waals surface area (Å²) in [5.74, 6) is -0.581. The lowest BCUT2D eigenvalue weighted by molar-refractivity contribution is -0.146. The van der Waals surface area contributed by atoms with Gasteiger partial charge in [-0.15, -0.1) is 6.58 Å². The zero-order valence-electron chi connectivity index (χ0n) is 8.49. The molecule has 1 heterocycles. The van der Waals surface area contributed by atoms with Gasteiger partial charge in [0.2, 0.25) is 0 Å². The molecule has 3 nitrogen and oxygen atoms in total. The highest BCUT2D eigenvalue weighted by Crippen LogP contribution is 2.28. The van der Waals surface area contributed by atoms with Gasteiger partial charge < -0.3 is 14.6 Å². The van der Waals surface area contributed by atoms with E-state index >= 15 is 0 Å². The fourth-order valence-corrected chi connectivity index (χ4v) is 1.56. The first kappa shape index (κ1) is 10.7. The fourth-order valence-electron chi connectivity index (χ4n) is 1.56. The second kappa shape index (κ2) is 3.78. The number of aliphatic hydroxyl groups excluding tert-OH is 1. The van der Waals surface area contributed by atoms with Crippen molar-refractivity contribution >= 4 is 0 Å². The Bertz CT molecular complexity index is 187. The summed E-state index contributed by atoms with van der Waals surface area (Å²) in [4.78, 5) is 0. The number of rotatable bonds is 3. The lowest BCUT2D eigenvalue weighted by Gasteiger charge is -2.23. The molecule has 0 spiro atoms. The van der Waals surface area contributed by atoms with Crippen molar-refractivity contribution in [3.8, 4) is 0 Å². The molecule has 0 aromatic rings. The van der Waals surface area contributed by atoms with Crippen molar-refractivity contribution in [2.24, 2.45) is 5.92 Å². The van der Waals surface area contributed by atoms with Crippen LogP contribution in [0.3, 0.4) is 0 Å². The van der Waals surface area contributed by atoms with E-state index in [1.807, 2.05) is 13.8 Å². The van der Waals surface area contributed by atoms with Gasteiger partial charge in [-0.05, 0) is 20.8 Å². The predicted molar refractivity (Wildman–Crippen MR) is 50.3 cm³/mol. The van der Waals surface area contributed by atoms with Crippen LogP contribution in [-0.4, -0.2) is 29.7 Å². The molecule has 3 atom stereocenters. The van der Waals surface area contributed by atoms with E-state index in [2.05, 4.69) is 6.58 Å². The normalized spacial score (nSPS) is 31.2. The number of ether oxygens (including phenoxy) is 2. The first-order valence-corrected chi connectivity index (χ1v) is 4.58. The number of hydrogen-bond donors (Lipinski definition) is 1. The quantitative estimate of drug-likeness (QED) is 0.676. The Morgan fingerprint density at radius 3 is 2.54 bits per heavy atom. The molecule has 1 saturated heterocycles. The standard InChI is InChI=1S/C10H18O3/c1-5-8(7(2)11)9-6-12-10(3,4)13-9/h5,7-9,11H,1,6H2,2-4H3/t7-,8+,9-/m1/s1. The van der Waals surface area contributed by atoms with Gasteiger partial charge in [0.15, 0.2) is 5.79 Å². The molecular formula is C10H18O3. The Kier molecular flexibility index (Phi) is 3.11. The van der Waals surface area contributed by atoms with Crippen LogP contribution in [0.4, 0.5) is 0 Å². The zero-order valence-corrected chi connectivity index (χ0v) is 8.49. The molecular weight excluding hydrogens is 168 g/mol. The monoisotopic (exact) mass is 186 g/mol. The Morgan fingerprint density at radius 2 is 2.23 bits per heavy atom. The molecule has 1 N–H and O–H groups in total. The molecule has 1 fully saturated rings. The molecule has 1 aliphatic rings. The van der Waals surface area contributed by atoms with Crippen molar-refractivity contribution in [1.29, 1.82) is 0 Å². The van der Waals surface area contributed by atoms with Crippen molar-refractivity contribution in [2.75, 3.05) is 6.61 Å². The topological polar surface area (TPSA) is 38.7 Å². The molecule has 0 bridgehead atoms. The van der Waals surface area contributed by atoms with Crippen LogP contribution in [0.1, 0.15) is 20.8 Å². The zero-order chi connectivity index (χ0) is 10.1. The highest BCUT2D eigenvalue weighted by Gasteiger charge is 2.37. The highest BCUT2D eigenvalue weighted by atomic mass is 16.7. The summed E-state index contributed by atoms with van der Waals surface area (Å²) < 4.78 is 11.0. The molecule has 0 aromatic heterocycles. The van der Waals surface area contributed by atoms with Crippen molar-refractivity contribution < 1.29 is 14.6 Å². The van der Waals surface area contributed by atoms with Crippen LogP contribution < -0.4 is 0 Å².